The molecule has 0 aliphatic carbocycles. The van der Waals surface area contributed by atoms with E-state index < -0.39 is 0 Å². The molecule has 90 valence electrons. The highest BCUT2D eigenvalue weighted by Crippen LogP contribution is 2.13. The van der Waals surface area contributed by atoms with Crippen LogP contribution in [0, 0.1) is 0 Å². The lowest BCUT2D eigenvalue weighted by Crippen LogP contribution is -2.09. The first-order chi connectivity index (χ1) is 8.29. The first-order valence-corrected chi connectivity index (χ1v) is 7.07. The summed E-state index contributed by atoms with van der Waals surface area (Å²) in [5, 5.41) is 3.99. The van der Waals surface area contributed by atoms with E-state index in [1.54, 1.807) is 6.20 Å². The largest absolute Gasteiger partial charge is 0.369 e. The van der Waals surface area contributed by atoms with Crippen LogP contribution in [0.4, 0.5) is 5.82 Å². The Morgan fingerprint density at radius 3 is 2.82 bits per heavy atom. The number of hydrogen-bond donors (Lipinski definition) is 1. The third kappa shape index (κ3) is 3.33. The van der Waals surface area contributed by atoms with Gasteiger partial charge in [-0.2, -0.15) is 11.8 Å². The van der Waals surface area contributed by atoms with Crippen LogP contribution in [0.2, 0.25) is 0 Å². The lowest BCUT2D eigenvalue weighted by Gasteiger charge is -2.09. The van der Waals surface area contributed by atoms with Crippen LogP contribution < -0.4 is 5.32 Å². The number of benzene rings is 1. The molecule has 0 aliphatic heterocycles. The molecule has 17 heavy (non-hydrogen) atoms. The molecule has 1 aromatic carbocycles. The van der Waals surface area contributed by atoms with Gasteiger partial charge in [0, 0.05) is 11.8 Å². The van der Waals surface area contributed by atoms with Crippen molar-refractivity contribution in [1.29, 1.82) is 0 Å². The van der Waals surface area contributed by atoms with Crippen LogP contribution in [-0.2, 0) is 0 Å². The van der Waals surface area contributed by atoms with E-state index in [1.165, 1.54) is 0 Å². The summed E-state index contributed by atoms with van der Waals surface area (Å²) in [5.74, 6) is 0.858. The molecule has 0 fully saturated rings. The molecular weight excluding hydrogens is 230 g/mol. The molecule has 0 saturated heterocycles. The van der Waals surface area contributed by atoms with Gasteiger partial charge in [0.15, 0.2) is 0 Å². The van der Waals surface area contributed by atoms with Crippen molar-refractivity contribution in [3.63, 3.8) is 0 Å². The van der Waals surface area contributed by atoms with E-state index in [0.29, 0.717) is 5.25 Å². The fraction of sp³-hybridized carbons (Fsp3) is 0.385. The Balaban J connectivity index is 1.99. The molecule has 1 unspecified atom stereocenters. The first kappa shape index (κ1) is 12.2. The van der Waals surface area contributed by atoms with Gasteiger partial charge in [-0.05, 0) is 24.8 Å². The molecule has 1 aromatic heterocycles. The van der Waals surface area contributed by atoms with Crippen LogP contribution in [0.5, 0.6) is 0 Å². The van der Waals surface area contributed by atoms with Crippen LogP contribution >= 0.6 is 11.8 Å². The van der Waals surface area contributed by atoms with Gasteiger partial charge < -0.3 is 5.32 Å². The third-order valence-corrected chi connectivity index (χ3v) is 3.75. The number of para-hydroxylation sites is 2. The Kier molecular flexibility index (Phi) is 4.20. The SMILES string of the molecule is CSC(C)CCNc1cnc2ccccc2n1. The van der Waals surface area contributed by atoms with E-state index >= 15 is 0 Å². The van der Waals surface area contributed by atoms with Gasteiger partial charge in [0.1, 0.15) is 5.82 Å². The van der Waals surface area contributed by atoms with Crippen molar-refractivity contribution in [3.05, 3.63) is 30.5 Å². The molecule has 0 aliphatic rings. The minimum absolute atomic E-state index is 0.677. The fourth-order valence-electron chi connectivity index (χ4n) is 1.56. The smallest absolute Gasteiger partial charge is 0.145 e. The molecule has 0 spiro atoms. The third-order valence-electron chi connectivity index (χ3n) is 2.71. The van der Waals surface area contributed by atoms with Crippen LogP contribution in [-0.4, -0.2) is 28.0 Å². The summed E-state index contributed by atoms with van der Waals surface area (Å²) in [7, 11) is 0. The lowest BCUT2D eigenvalue weighted by atomic mass is 10.3. The standard InChI is InChI=1S/C13H17N3S/c1-10(17-2)7-8-14-13-9-15-11-5-3-4-6-12(11)16-13/h3-6,9-10H,7-8H2,1-2H3,(H,14,16). The highest BCUT2D eigenvalue weighted by Gasteiger charge is 2.01. The number of nitrogens with one attached hydrogen (secondary N) is 1. The molecule has 0 amide bonds. The molecule has 3 nitrogen and oxygen atoms in total. The number of nitrogens with zero attached hydrogens (tertiary/aromatic N) is 2. The second-order valence-corrected chi connectivity index (χ2v) is 5.28. The second kappa shape index (κ2) is 5.87. The van der Waals surface area contributed by atoms with Crippen molar-refractivity contribution < 1.29 is 0 Å². The van der Waals surface area contributed by atoms with Crippen molar-refractivity contribution in [1.82, 2.24) is 9.97 Å². The average molecular weight is 247 g/mol. The van der Waals surface area contributed by atoms with Gasteiger partial charge >= 0.3 is 0 Å². The molecule has 1 N–H and O–H groups in total. The normalized spacial score (nSPS) is 12.6. The predicted molar refractivity (Wildman–Crippen MR) is 75.6 cm³/mol. The summed E-state index contributed by atoms with van der Waals surface area (Å²) < 4.78 is 0. The first-order valence-electron chi connectivity index (χ1n) is 5.78. The molecule has 1 heterocycles. The van der Waals surface area contributed by atoms with E-state index in [9.17, 15) is 0 Å². The van der Waals surface area contributed by atoms with Gasteiger partial charge in [0.05, 0.1) is 17.2 Å². The van der Waals surface area contributed by atoms with Gasteiger partial charge in [0.2, 0.25) is 0 Å². The lowest BCUT2D eigenvalue weighted by molar-refractivity contribution is 0.850. The summed E-state index contributed by atoms with van der Waals surface area (Å²) >= 11 is 1.89. The summed E-state index contributed by atoms with van der Waals surface area (Å²) in [6.45, 7) is 3.17. The number of thioether (sulfide) groups is 1. The zero-order chi connectivity index (χ0) is 12.1. The maximum Gasteiger partial charge on any atom is 0.145 e. The quantitative estimate of drug-likeness (QED) is 0.880. The molecule has 0 saturated carbocycles. The average Bonchev–Trinajstić information content (AvgIpc) is 2.38. The Hall–Kier alpha value is -1.29. The Labute approximate surface area is 106 Å². The summed E-state index contributed by atoms with van der Waals surface area (Å²) in [5.41, 5.74) is 1.88. The van der Waals surface area contributed by atoms with Gasteiger partial charge in [-0.3, -0.25) is 4.98 Å². The number of aromatic nitrogens is 2. The van der Waals surface area contributed by atoms with E-state index in [2.05, 4.69) is 28.5 Å². The highest BCUT2D eigenvalue weighted by atomic mass is 32.2. The van der Waals surface area contributed by atoms with Crippen molar-refractivity contribution >= 4 is 28.6 Å². The zero-order valence-electron chi connectivity index (χ0n) is 10.2. The summed E-state index contributed by atoms with van der Waals surface area (Å²) in [4.78, 5) is 8.89. The highest BCUT2D eigenvalue weighted by molar-refractivity contribution is 7.99. The van der Waals surface area contributed by atoms with E-state index in [0.717, 1.165) is 29.8 Å². The number of rotatable bonds is 5. The maximum atomic E-state index is 4.52. The predicted octanol–water partition coefficient (Wildman–Crippen LogP) is 3.18. The summed E-state index contributed by atoms with van der Waals surface area (Å²) in [6.07, 6.45) is 5.07. The molecule has 0 bridgehead atoms. The van der Waals surface area contributed by atoms with Crippen LogP contribution in [0.3, 0.4) is 0 Å². The van der Waals surface area contributed by atoms with Crippen molar-refractivity contribution in [2.45, 2.75) is 18.6 Å². The fourth-order valence-corrected chi connectivity index (χ4v) is 1.92. The molecule has 2 rings (SSSR count). The number of hydrogen-bond acceptors (Lipinski definition) is 4. The topological polar surface area (TPSA) is 37.8 Å². The van der Waals surface area contributed by atoms with Gasteiger partial charge in [-0.25, -0.2) is 4.98 Å². The van der Waals surface area contributed by atoms with Crippen LogP contribution in [0.25, 0.3) is 11.0 Å². The van der Waals surface area contributed by atoms with Crippen molar-refractivity contribution in [2.75, 3.05) is 18.1 Å². The monoisotopic (exact) mass is 247 g/mol. The minimum Gasteiger partial charge on any atom is -0.369 e. The van der Waals surface area contributed by atoms with Crippen molar-refractivity contribution in [2.24, 2.45) is 0 Å². The van der Waals surface area contributed by atoms with Crippen LogP contribution in [0.1, 0.15) is 13.3 Å². The Morgan fingerprint density at radius 2 is 2.06 bits per heavy atom. The summed E-state index contributed by atoms with van der Waals surface area (Å²) in [6, 6.07) is 7.92. The van der Waals surface area contributed by atoms with Gasteiger partial charge in [-0.1, -0.05) is 19.1 Å². The van der Waals surface area contributed by atoms with E-state index in [4.69, 9.17) is 0 Å². The molecule has 4 heteroatoms. The maximum absolute atomic E-state index is 4.52. The zero-order valence-corrected chi connectivity index (χ0v) is 11.0. The second-order valence-electron chi connectivity index (χ2n) is 4.01. The Morgan fingerprint density at radius 1 is 1.29 bits per heavy atom. The number of anilines is 1. The molecule has 0 radical (unpaired) electrons. The minimum atomic E-state index is 0.677. The number of fused-ring (bicyclic) bond motifs is 1. The van der Waals surface area contributed by atoms with E-state index in [1.807, 2.05) is 36.0 Å². The van der Waals surface area contributed by atoms with Crippen molar-refractivity contribution in [3.8, 4) is 0 Å². The molecule has 2 aromatic rings. The Bertz CT molecular complexity index is 487. The van der Waals surface area contributed by atoms with Gasteiger partial charge in [-0.15, -0.1) is 0 Å². The molecular formula is C13H17N3S. The van der Waals surface area contributed by atoms with E-state index in [-0.39, 0.29) is 0 Å². The van der Waals surface area contributed by atoms with Gasteiger partial charge in [0.25, 0.3) is 0 Å². The van der Waals surface area contributed by atoms with Crippen LogP contribution in [0.15, 0.2) is 30.5 Å². The molecule has 1 atom stereocenters.